The van der Waals surface area contributed by atoms with Crippen LogP contribution in [0.2, 0.25) is 0 Å². The van der Waals surface area contributed by atoms with Gasteiger partial charge in [0.2, 0.25) is 0 Å². The quantitative estimate of drug-likeness (QED) is 0.809. The molecular weight excluding hydrogens is 345 g/mol. The predicted molar refractivity (Wildman–Crippen MR) is 91.0 cm³/mol. The third-order valence-electron chi connectivity index (χ3n) is 4.61. The number of aryl methyl sites for hydroxylation is 1. The molecule has 1 fully saturated rings. The van der Waals surface area contributed by atoms with Crippen molar-refractivity contribution < 1.29 is 23.1 Å². The smallest absolute Gasteiger partial charge is 0.416 e. The SMILES string of the molecule is Cc1cc(C(=O)C2CCCNC2)cnc1-c1ccc(C(F)(F)F)cc1O. The number of nitrogens with one attached hydrogen (secondary N) is 1. The Morgan fingerprint density at radius 1 is 1.31 bits per heavy atom. The highest BCUT2D eigenvalue weighted by Crippen LogP contribution is 2.37. The predicted octanol–water partition coefficient (Wildman–Crippen LogP) is 3.96. The van der Waals surface area contributed by atoms with E-state index in [0.29, 0.717) is 29.4 Å². The van der Waals surface area contributed by atoms with Gasteiger partial charge in [0.05, 0.1) is 11.3 Å². The molecule has 1 aliphatic heterocycles. The second-order valence-corrected chi connectivity index (χ2v) is 6.53. The molecule has 1 aromatic heterocycles. The van der Waals surface area contributed by atoms with Crippen molar-refractivity contribution in [2.75, 3.05) is 13.1 Å². The molecule has 3 rings (SSSR count). The number of carbonyl (C=O) groups is 1. The molecule has 1 aliphatic rings. The van der Waals surface area contributed by atoms with E-state index in [4.69, 9.17) is 0 Å². The lowest BCUT2D eigenvalue weighted by molar-refractivity contribution is -0.137. The summed E-state index contributed by atoms with van der Waals surface area (Å²) in [6, 6.07) is 4.46. The zero-order chi connectivity index (χ0) is 18.9. The maximum Gasteiger partial charge on any atom is 0.416 e. The third kappa shape index (κ3) is 3.72. The molecule has 26 heavy (non-hydrogen) atoms. The number of aromatic hydroxyl groups is 1. The highest BCUT2D eigenvalue weighted by Gasteiger charge is 2.31. The van der Waals surface area contributed by atoms with E-state index in [9.17, 15) is 23.1 Å². The Hall–Kier alpha value is -2.41. The normalized spacial score (nSPS) is 17.9. The first-order valence-electron chi connectivity index (χ1n) is 8.39. The molecule has 0 saturated carbocycles. The molecule has 7 heteroatoms. The number of halogens is 3. The second kappa shape index (κ2) is 7.07. The van der Waals surface area contributed by atoms with Crippen LogP contribution in [-0.4, -0.2) is 29.0 Å². The molecule has 4 nitrogen and oxygen atoms in total. The van der Waals surface area contributed by atoms with E-state index in [2.05, 4.69) is 10.3 Å². The molecule has 2 N–H and O–H groups in total. The number of carbonyl (C=O) groups excluding carboxylic acids is 1. The van der Waals surface area contributed by atoms with Gasteiger partial charge in [0.25, 0.3) is 0 Å². The van der Waals surface area contributed by atoms with Crippen molar-refractivity contribution >= 4 is 5.78 Å². The van der Waals surface area contributed by atoms with Gasteiger partial charge >= 0.3 is 6.18 Å². The molecule has 0 radical (unpaired) electrons. The van der Waals surface area contributed by atoms with Crippen LogP contribution in [0, 0.1) is 12.8 Å². The molecule has 1 unspecified atom stereocenters. The summed E-state index contributed by atoms with van der Waals surface area (Å²) in [6.07, 6.45) is -1.33. The monoisotopic (exact) mass is 364 g/mol. The molecule has 1 saturated heterocycles. The first kappa shape index (κ1) is 18.4. The summed E-state index contributed by atoms with van der Waals surface area (Å²) in [5.41, 5.74) is 0.734. The minimum atomic E-state index is -4.53. The molecule has 0 aliphatic carbocycles. The van der Waals surface area contributed by atoms with Gasteiger partial charge in [0.1, 0.15) is 5.75 Å². The highest BCUT2D eigenvalue weighted by molar-refractivity contribution is 5.98. The fourth-order valence-corrected chi connectivity index (χ4v) is 3.21. The number of phenols is 1. The van der Waals surface area contributed by atoms with Crippen molar-refractivity contribution in [3.63, 3.8) is 0 Å². The Kier molecular flexibility index (Phi) is 5.00. The van der Waals surface area contributed by atoms with Crippen molar-refractivity contribution in [1.29, 1.82) is 0 Å². The summed E-state index contributed by atoms with van der Waals surface area (Å²) >= 11 is 0. The summed E-state index contributed by atoms with van der Waals surface area (Å²) in [4.78, 5) is 16.8. The Morgan fingerprint density at radius 2 is 2.08 bits per heavy atom. The van der Waals surface area contributed by atoms with Gasteiger partial charge in [-0.3, -0.25) is 9.78 Å². The van der Waals surface area contributed by atoms with Crippen LogP contribution < -0.4 is 5.32 Å². The van der Waals surface area contributed by atoms with Gasteiger partial charge in [-0.25, -0.2) is 0 Å². The summed E-state index contributed by atoms with van der Waals surface area (Å²) in [5, 5.41) is 13.2. The van der Waals surface area contributed by atoms with E-state index < -0.39 is 17.5 Å². The van der Waals surface area contributed by atoms with Crippen LogP contribution in [0.4, 0.5) is 13.2 Å². The van der Waals surface area contributed by atoms with Gasteiger partial charge in [0.15, 0.2) is 5.78 Å². The van der Waals surface area contributed by atoms with E-state index in [0.717, 1.165) is 25.5 Å². The Bertz CT molecular complexity index is 828. The molecule has 1 aromatic carbocycles. The molecule has 2 aromatic rings. The van der Waals surface area contributed by atoms with E-state index in [1.165, 1.54) is 12.3 Å². The highest BCUT2D eigenvalue weighted by atomic mass is 19.4. The summed E-state index contributed by atoms with van der Waals surface area (Å²) in [6.45, 7) is 3.27. The lowest BCUT2D eigenvalue weighted by atomic mass is 9.90. The lowest BCUT2D eigenvalue weighted by Crippen LogP contribution is -2.34. The molecule has 0 bridgehead atoms. The van der Waals surface area contributed by atoms with Crippen LogP contribution >= 0.6 is 0 Å². The number of hydrogen-bond acceptors (Lipinski definition) is 4. The number of rotatable bonds is 3. The lowest BCUT2D eigenvalue weighted by Gasteiger charge is -2.21. The number of phenolic OH excluding ortho intramolecular Hbond substituents is 1. The van der Waals surface area contributed by atoms with Crippen molar-refractivity contribution in [2.24, 2.45) is 5.92 Å². The number of Topliss-reactive ketones (excluding diaryl/α,β-unsaturated/α-hetero) is 1. The van der Waals surface area contributed by atoms with Gasteiger partial charge in [-0.05, 0) is 56.1 Å². The number of benzene rings is 1. The fourth-order valence-electron chi connectivity index (χ4n) is 3.21. The Labute approximate surface area is 149 Å². The van der Waals surface area contributed by atoms with Crippen LogP contribution in [0.1, 0.15) is 34.3 Å². The van der Waals surface area contributed by atoms with E-state index in [1.54, 1.807) is 13.0 Å². The molecule has 1 atom stereocenters. The molecule has 0 amide bonds. The number of pyridine rings is 1. The topological polar surface area (TPSA) is 62.2 Å². The Balaban J connectivity index is 1.89. The minimum Gasteiger partial charge on any atom is -0.507 e. The van der Waals surface area contributed by atoms with Crippen molar-refractivity contribution in [1.82, 2.24) is 10.3 Å². The van der Waals surface area contributed by atoms with Crippen LogP contribution in [0.25, 0.3) is 11.3 Å². The number of aromatic nitrogens is 1. The average molecular weight is 364 g/mol. The first-order valence-corrected chi connectivity index (χ1v) is 8.39. The van der Waals surface area contributed by atoms with E-state index >= 15 is 0 Å². The number of hydrogen-bond donors (Lipinski definition) is 2. The molecular formula is C19H19F3N2O2. The second-order valence-electron chi connectivity index (χ2n) is 6.53. The van der Waals surface area contributed by atoms with Crippen molar-refractivity contribution in [2.45, 2.75) is 25.9 Å². The minimum absolute atomic E-state index is 0.0102. The number of nitrogens with zero attached hydrogens (tertiary/aromatic N) is 1. The van der Waals surface area contributed by atoms with Gasteiger partial charge in [-0.2, -0.15) is 13.2 Å². The van der Waals surface area contributed by atoms with Crippen molar-refractivity contribution in [3.05, 3.63) is 47.2 Å². The zero-order valence-electron chi connectivity index (χ0n) is 14.2. The average Bonchev–Trinajstić information content (AvgIpc) is 2.61. The van der Waals surface area contributed by atoms with Gasteiger partial charge in [-0.1, -0.05) is 0 Å². The van der Waals surface area contributed by atoms with Gasteiger partial charge in [-0.15, -0.1) is 0 Å². The molecule has 138 valence electrons. The van der Waals surface area contributed by atoms with Crippen LogP contribution in [0.15, 0.2) is 30.5 Å². The summed E-state index contributed by atoms with van der Waals surface area (Å²) in [7, 11) is 0. The standard InChI is InChI=1S/C19H19F3N2O2/c1-11-7-13(18(26)12-3-2-6-23-9-12)10-24-17(11)15-5-4-14(8-16(15)25)19(20,21)22/h4-5,7-8,10,12,23,25H,2-3,6,9H2,1H3. The maximum absolute atomic E-state index is 12.7. The van der Waals surface area contributed by atoms with Crippen LogP contribution in [0.5, 0.6) is 5.75 Å². The van der Waals surface area contributed by atoms with Gasteiger partial charge in [0, 0.05) is 29.8 Å². The number of alkyl halides is 3. The zero-order valence-corrected chi connectivity index (χ0v) is 14.2. The summed E-state index contributed by atoms with van der Waals surface area (Å²) < 4.78 is 38.2. The third-order valence-corrected chi connectivity index (χ3v) is 4.61. The number of piperidine rings is 1. The van der Waals surface area contributed by atoms with Crippen LogP contribution in [0.3, 0.4) is 0 Å². The van der Waals surface area contributed by atoms with Crippen LogP contribution in [-0.2, 0) is 6.18 Å². The number of ketones is 1. The first-order chi connectivity index (χ1) is 12.3. The fraction of sp³-hybridized carbons (Fsp3) is 0.368. The largest absolute Gasteiger partial charge is 0.507 e. The van der Waals surface area contributed by atoms with E-state index in [-0.39, 0.29) is 17.3 Å². The summed E-state index contributed by atoms with van der Waals surface area (Å²) in [5.74, 6) is -0.572. The molecule has 2 heterocycles. The molecule has 0 spiro atoms. The van der Waals surface area contributed by atoms with E-state index in [1.807, 2.05) is 0 Å². The van der Waals surface area contributed by atoms with Crippen molar-refractivity contribution in [3.8, 4) is 17.0 Å². The maximum atomic E-state index is 12.7. The van der Waals surface area contributed by atoms with Gasteiger partial charge < -0.3 is 10.4 Å². The Morgan fingerprint density at radius 3 is 2.65 bits per heavy atom.